The maximum Gasteiger partial charge on any atom is 0.361 e. The Morgan fingerprint density at radius 2 is 1.95 bits per heavy atom. The Morgan fingerprint density at radius 3 is 2.47 bits per heavy atom. The van der Waals surface area contributed by atoms with Crippen molar-refractivity contribution in [2.75, 3.05) is 7.11 Å². The van der Waals surface area contributed by atoms with Crippen LogP contribution < -0.4 is 0 Å². The highest BCUT2D eigenvalue weighted by Crippen LogP contribution is 2.27. The minimum Gasteiger partial charge on any atom is -0.464 e. The van der Waals surface area contributed by atoms with Crippen LogP contribution in [0.25, 0.3) is 11.5 Å². The molecule has 0 aliphatic heterocycles. The van der Waals surface area contributed by atoms with Crippen molar-refractivity contribution in [3.63, 3.8) is 0 Å². The van der Waals surface area contributed by atoms with Crippen LogP contribution in [0.4, 0.5) is 0 Å². The lowest BCUT2D eigenvalue weighted by Crippen LogP contribution is -2.06. The van der Waals surface area contributed by atoms with Crippen LogP contribution in [-0.4, -0.2) is 26.5 Å². The molecule has 0 saturated heterocycles. The number of hydrogen-bond acceptors (Lipinski definition) is 6. The second kappa shape index (κ2) is 5.02. The quantitative estimate of drug-likeness (QED) is 0.637. The summed E-state index contributed by atoms with van der Waals surface area (Å²) in [4.78, 5) is 15.3. The van der Waals surface area contributed by atoms with Gasteiger partial charge in [-0.25, -0.2) is 18.2 Å². The molecule has 1 heterocycles. The highest BCUT2D eigenvalue weighted by molar-refractivity contribution is 8.13. The second-order valence-corrected chi connectivity index (χ2v) is 5.92. The second-order valence-electron chi connectivity index (χ2n) is 3.45. The number of methoxy groups -OCH3 is 1. The van der Waals surface area contributed by atoms with Gasteiger partial charge in [0, 0.05) is 16.2 Å². The Kier molecular flexibility index (Phi) is 3.59. The number of esters is 1. The summed E-state index contributed by atoms with van der Waals surface area (Å²) >= 11 is 0. The summed E-state index contributed by atoms with van der Waals surface area (Å²) in [5.41, 5.74) is 0.0376. The van der Waals surface area contributed by atoms with E-state index < -0.39 is 25.8 Å². The van der Waals surface area contributed by atoms with E-state index in [1.165, 1.54) is 0 Å². The van der Waals surface area contributed by atoms with Gasteiger partial charge in [0.25, 0.3) is 14.1 Å². The summed E-state index contributed by atoms with van der Waals surface area (Å²) in [6.45, 7) is 0. The Hall–Kier alpha value is -1.86. The molecule has 8 heteroatoms. The molecule has 0 amide bonds. The van der Waals surface area contributed by atoms with Crippen LogP contribution in [0.1, 0.15) is 10.5 Å². The fraction of sp³-hybridized carbons (Fsp3) is 0.0909. The smallest absolute Gasteiger partial charge is 0.361 e. The van der Waals surface area contributed by atoms with Crippen molar-refractivity contribution >= 4 is 25.7 Å². The Labute approximate surface area is 113 Å². The topological polar surface area (TPSA) is 86.5 Å². The number of halogens is 1. The van der Waals surface area contributed by atoms with Gasteiger partial charge in [-0.15, -0.1) is 0 Å². The molecule has 100 valence electrons. The van der Waals surface area contributed by atoms with E-state index in [4.69, 9.17) is 15.1 Å². The summed E-state index contributed by atoms with van der Waals surface area (Å²) in [5.74, 6) is -0.967. The van der Waals surface area contributed by atoms with Gasteiger partial charge in [0.1, 0.15) is 0 Å². The number of carbonyl (C=O) groups is 1. The molecule has 0 bridgehead atoms. The number of ether oxygens (including phenoxy) is 1. The van der Waals surface area contributed by atoms with E-state index in [0.717, 1.165) is 7.11 Å². The molecule has 1 aromatic heterocycles. The molecule has 0 saturated carbocycles. The molecule has 0 unspecified atom stereocenters. The summed E-state index contributed by atoms with van der Waals surface area (Å²) in [7, 11) is 2.06. The Morgan fingerprint density at radius 1 is 1.32 bits per heavy atom. The summed E-state index contributed by atoms with van der Waals surface area (Å²) < 4.78 is 32.2. The van der Waals surface area contributed by atoms with Crippen LogP contribution in [0.5, 0.6) is 0 Å². The highest BCUT2D eigenvalue weighted by atomic mass is 35.7. The monoisotopic (exact) mass is 301 g/mol. The molecule has 0 fully saturated rings. The van der Waals surface area contributed by atoms with Crippen molar-refractivity contribution in [1.82, 2.24) is 4.98 Å². The SMILES string of the molecule is COC(=O)c1nc(-c2ccccc2)oc1S(=O)(=O)Cl. The van der Waals surface area contributed by atoms with E-state index in [9.17, 15) is 13.2 Å². The summed E-state index contributed by atoms with van der Waals surface area (Å²) in [5, 5.41) is -0.722. The molecule has 2 aromatic rings. The van der Waals surface area contributed by atoms with Gasteiger partial charge in [-0.3, -0.25) is 0 Å². The Balaban J connectivity index is 2.62. The van der Waals surface area contributed by atoms with E-state index in [1.54, 1.807) is 30.3 Å². The van der Waals surface area contributed by atoms with E-state index in [2.05, 4.69) is 9.72 Å². The van der Waals surface area contributed by atoms with Crippen LogP contribution in [0.2, 0.25) is 0 Å². The van der Waals surface area contributed by atoms with E-state index in [0.29, 0.717) is 5.56 Å². The third kappa shape index (κ3) is 2.77. The average Bonchev–Trinajstić information content (AvgIpc) is 2.84. The van der Waals surface area contributed by atoms with Crippen LogP contribution in [-0.2, 0) is 13.8 Å². The van der Waals surface area contributed by atoms with Crippen LogP contribution >= 0.6 is 10.7 Å². The third-order valence-corrected chi connectivity index (χ3v) is 3.36. The first kappa shape index (κ1) is 13.6. The zero-order valence-corrected chi connectivity index (χ0v) is 11.2. The van der Waals surface area contributed by atoms with Crippen molar-refractivity contribution in [3.05, 3.63) is 36.0 Å². The number of carbonyl (C=O) groups excluding carboxylic acids is 1. The summed E-state index contributed by atoms with van der Waals surface area (Å²) in [6, 6.07) is 8.50. The first-order chi connectivity index (χ1) is 8.93. The molecular formula is C11H8ClNO5S. The minimum absolute atomic E-state index is 0.0276. The fourth-order valence-electron chi connectivity index (χ4n) is 1.40. The van der Waals surface area contributed by atoms with Gasteiger partial charge in [-0.05, 0) is 12.1 Å². The van der Waals surface area contributed by atoms with Crippen LogP contribution in [0, 0.1) is 0 Å². The zero-order chi connectivity index (χ0) is 14.0. The molecule has 1 aromatic carbocycles. The predicted octanol–water partition coefficient (Wildman–Crippen LogP) is 2.06. The van der Waals surface area contributed by atoms with E-state index >= 15 is 0 Å². The lowest BCUT2D eigenvalue weighted by atomic mass is 10.2. The van der Waals surface area contributed by atoms with Gasteiger partial charge >= 0.3 is 5.97 Å². The lowest BCUT2D eigenvalue weighted by Gasteiger charge is -1.94. The number of hydrogen-bond donors (Lipinski definition) is 0. The van der Waals surface area contributed by atoms with Gasteiger partial charge in [0.05, 0.1) is 7.11 Å². The van der Waals surface area contributed by atoms with E-state index in [1.807, 2.05) is 0 Å². The fourth-order valence-corrected chi connectivity index (χ4v) is 2.25. The lowest BCUT2D eigenvalue weighted by molar-refractivity contribution is 0.0587. The van der Waals surface area contributed by atoms with Crippen molar-refractivity contribution in [1.29, 1.82) is 0 Å². The van der Waals surface area contributed by atoms with E-state index in [-0.39, 0.29) is 5.89 Å². The van der Waals surface area contributed by atoms with Crippen molar-refractivity contribution in [2.24, 2.45) is 0 Å². The molecule has 0 aliphatic carbocycles. The number of aromatic nitrogens is 1. The number of oxazole rings is 1. The molecule has 19 heavy (non-hydrogen) atoms. The van der Waals surface area contributed by atoms with Crippen molar-refractivity contribution in [3.8, 4) is 11.5 Å². The minimum atomic E-state index is -4.23. The van der Waals surface area contributed by atoms with Crippen molar-refractivity contribution < 1.29 is 22.4 Å². The van der Waals surface area contributed by atoms with Crippen molar-refractivity contribution in [2.45, 2.75) is 5.09 Å². The standard InChI is InChI=1S/C11H8ClNO5S/c1-17-10(14)8-11(19(12,15)16)18-9(13-8)7-5-3-2-4-6-7/h2-6H,1H3. The number of nitrogens with zero attached hydrogens (tertiary/aromatic N) is 1. The van der Waals surface area contributed by atoms with Gasteiger partial charge < -0.3 is 9.15 Å². The molecule has 2 rings (SSSR count). The molecule has 0 radical (unpaired) electrons. The largest absolute Gasteiger partial charge is 0.464 e. The average molecular weight is 302 g/mol. The van der Waals surface area contributed by atoms with Gasteiger partial charge in [0.2, 0.25) is 11.6 Å². The zero-order valence-electron chi connectivity index (χ0n) is 9.66. The Bertz CT molecular complexity index is 708. The summed E-state index contributed by atoms with van der Waals surface area (Å²) in [6.07, 6.45) is 0. The normalized spacial score (nSPS) is 11.3. The molecule has 0 aliphatic rings. The third-order valence-electron chi connectivity index (χ3n) is 2.22. The molecule has 0 atom stereocenters. The maximum absolute atomic E-state index is 11.5. The molecule has 0 N–H and O–H groups in total. The van der Waals surface area contributed by atoms with Gasteiger partial charge in [-0.1, -0.05) is 18.2 Å². The van der Waals surface area contributed by atoms with Crippen LogP contribution in [0.3, 0.4) is 0 Å². The van der Waals surface area contributed by atoms with Gasteiger partial charge in [-0.2, -0.15) is 0 Å². The maximum atomic E-state index is 11.5. The van der Waals surface area contributed by atoms with Gasteiger partial charge in [0.15, 0.2) is 0 Å². The first-order valence-electron chi connectivity index (χ1n) is 5.02. The molecule has 0 spiro atoms. The predicted molar refractivity (Wildman–Crippen MR) is 66.3 cm³/mol. The van der Waals surface area contributed by atoms with Crippen LogP contribution in [0.15, 0.2) is 39.8 Å². The highest BCUT2D eigenvalue weighted by Gasteiger charge is 2.29. The molecular weight excluding hydrogens is 294 g/mol. The number of benzene rings is 1. The number of rotatable bonds is 3. The molecule has 6 nitrogen and oxygen atoms in total. The first-order valence-corrected chi connectivity index (χ1v) is 7.33.